The van der Waals surface area contributed by atoms with E-state index in [-0.39, 0.29) is 4.90 Å². The maximum Gasteiger partial charge on any atom is 0.341 e. The maximum absolute atomic E-state index is 11.9. The fraction of sp³-hybridized carbons (Fsp3) is 0.462. The van der Waals surface area contributed by atoms with Crippen LogP contribution in [0.25, 0.3) is 0 Å². The first-order valence-electron chi connectivity index (χ1n) is 5.74. The molecule has 0 aliphatic heterocycles. The highest BCUT2D eigenvalue weighted by atomic mass is 32.2. The van der Waals surface area contributed by atoms with E-state index in [1.54, 1.807) is 32.9 Å². The van der Waals surface area contributed by atoms with Crippen LogP contribution in [0.3, 0.4) is 0 Å². The third-order valence-electron chi connectivity index (χ3n) is 2.93. The lowest BCUT2D eigenvalue weighted by molar-refractivity contribution is -0.143. The van der Waals surface area contributed by atoms with E-state index in [0.717, 1.165) is 5.56 Å². The van der Waals surface area contributed by atoms with Crippen LogP contribution >= 0.6 is 0 Å². The predicted molar refractivity (Wildman–Crippen MR) is 68.5 cm³/mol. The normalized spacial score (nSPS) is 12.2. The van der Waals surface area contributed by atoms with E-state index in [1.807, 2.05) is 6.92 Å². The monoisotopic (exact) mass is 270 g/mol. The summed E-state index contributed by atoms with van der Waals surface area (Å²) in [5, 5.41) is 0. The Labute approximate surface area is 108 Å². The summed E-state index contributed by atoms with van der Waals surface area (Å²) in [5.41, 5.74) is 0.131. The van der Waals surface area contributed by atoms with Crippen molar-refractivity contribution in [2.24, 2.45) is 5.41 Å². The molecule has 0 fully saturated rings. The molecule has 0 amide bonds. The topological polar surface area (TPSA) is 60.4 Å². The zero-order valence-corrected chi connectivity index (χ0v) is 11.9. The van der Waals surface area contributed by atoms with Gasteiger partial charge in [-0.2, -0.15) is 8.42 Å². The molecule has 0 bridgehead atoms. The quantitative estimate of drug-likeness (QED) is 0.789. The van der Waals surface area contributed by atoms with Gasteiger partial charge in [0.1, 0.15) is 4.90 Å². The Kier molecular flexibility index (Phi) is 4.16. The molecule has 100 valence electrons. The van der Waals surface area contributed by atoms with Gasteiger partial charge in [0.2, 0.25) is 0 Å². The molecule has 1 rings (SSSR count). The van der Waals surface area contributed by atoms with Crippen molar-refractivity contribution in [2.45, 2.75) is 39.0 Å². The van der Waals surface area contributed by atoms with E-state index in [1.165, 1.54) is 12.1 Å². The number of rotatable bonds is 4. The summed E-state index contributed by atoms with van der Waals surface area (Å²) in [6, 6.07) is 6.17. The molecule has 0 N–H and O–H groups in total. The average Bonchev–Trinajstić information content (AvgIpc) is 2.29. The third kappa shape index (κ3) is 3.32. The molecule has 18 heavy (non-hydrogen) atoms. The van der Waals surface area contributed by atoms with Gasteiger partial charge in [-0.15, -0.1) is 0 Å². The van der Waals surface area contributed by atoms with Gasteiger partial charge in [-0.05, 0) is 39.3 Å². The smallest absolute Gasteiger partial charge is 0.341 e. The second-order valence-electron chi connectivity index (χ2n) is 4.88. The van der Waals surface area contributed by atoms with Crippen LogP contribution in [0.5, 0.6) is 0 Å². The van der Waals surface area contributed by atoms with E-state index in [4.69, 9.17) is 0 Å². The van der Waals surface area contributed by atoms with Gasteiger partial charge >= 0.3 is 16.1 Å². The molecular weight excluding hydrogens is 252 g/mol. The second kappa shape index (κ2) is 5.10. The SMILES string of the molecule is CCC(C)(C)C(=O)OS(=O)(=O)c1ccc(C)cc1. The van der Waals surface area contributed by atoms with Crippen LogP contribution in [-0.2, 0) is 19.1 Å². The summed E-state index contributed by atoms with van der Waals surface area (Å²) in [4.78, 5) is 11.7. The van der Waals surface area contributed by atoms with Crippen LogP contribution in [0.2, 0.25) is 0 Å². The van der Waals surface area contributed by atoms with E-state index in [9.17, 15) is 13.2 Å². The van der Waals surface area contributed by atoms with Crippen molar-refractivity contribution in [3.8, 4) is 0 Å². The molecule has 0 unspecified atom stereocenters. The average molecular weight is 270 g/mol. The lowest BCUT2D eigenvalue weighted by atomic mass is 9.91. The van der Waals surface area contributed by atoms with Crippen LogP contribution in [0.15, 0.2) is 29.2 Å². The van der Waals surface area contributed by atoms with Gasteiger partial charge in [0.25, 0.3) is 0 Å². The fourth-order valence-corrected chi connectivity index (χ4v) is 2.10. The van der Waals surface area contributed by atoms with Gasteiger partial charge in [-0.1, -0.05) is 24.6 Å². The van der Waals surface area contributed by atoms with Crippen molar-refractivity contribution in [3.63, 3.8) is 0 Å². The number of hydrogen-bond donors (Lipinski definition) is 0. The van der Waals surface area contributed by atoms with Crippen molar-refractivity contribution >= 4 is 16.1 Å². The minimum Gasteiger partial charge on any atom is -0.342 e. The largest absolute Gasteiger partial charge is 0.342 e. The number of hydrogen-bond acceptors (Lipinski definition) is 4. The third-order valence-corrected chi connectivity index (χ3v) is 4.15. The molecule has 5 heteroatoms. The van der Waals surface area contributed by atoms with Crippen LogP contribution in [0.4, 0.5) is 0 Å². The molecule has 0 spiro atoms. The standard InChI is InChI=1S/C13H18O4S/c1-5-13(3,4)12(14)17-18(15,16)11-8-6-10(2)7-9-11/h6-9H,5H2,1-4H3. The minimum absolute atomic E-state index is 0.00615. The van der Waals surface area contributed by atoms with Crippen molar-refractivity contribution in [2.75, 3.05) is 0 Å². The van der Waals surface area contributed by atoms with Crippen molar-refractivity contribution in [1.82, 2.24) is 0 Å². The summed E-state index contributed by atoms with van der Waals surface area (Å²) in [7, 11) is -4.02. The summed E-state index contributed by atoms with van der Waals surface area (Å²) in [6.45, 7) is 6.96. The Balaban J connectivity index is 2.96. The molecule has 0 saturated carbocycles. The highest BCUT2D eigenvalue weighted by Gasteiger charge is 2.32. The van der Waals surface area contributed by atoms with Crippen molar-refractivity contribution in [1.29, 1.82) is 0 Å². The van der Waals surface area contributed by atoms with E-state index < -0.39 is 21.5 Å². The molecule has 4 nitrogen and oxygen atoms in total. The van der Waals surface area contributed by atoms with Gasteiger partial charge in [-0.3, -0.25) is 4.79 Å². The molecule has 1 aromatic carbocycles. The lowest BCUT2D eigenvalue weighted by Gasteiger charge is -2.19. The number of benzene rings is 1. The highest BCUT2D eigenvalue weighted by molar-refractivity contribution is 7.87. The second-order valence-corrected chi connectivity index (χ2v) is 6.42. The molecule has 0 aliphatic rings. The molecule has 0 saturated heterocycles. The number of carbonyl (C=O) groups excluding carboxylic acids is 1. The van der Waals surface area contributed by atoms with Crippen LogP contribution < -0.4 is 0 Å². The summed E-state index contributed by atoms with van der Waals surface area (Å²) >= 11 is 0. The van der Waals surface area contributed by atoms with Gasteiger partial charge in [-0.25, -0.2) is 0 Å². The lowest BCUT2D eigenvalue weighted by Crippen LogP contribution is -2.28. The summed E-state index contributed by atoms with van der Waals surface area (Å²) in [5.74, 6) is -0.731. The van der Waals surface area contributed by atoms with Crippen molar-refractivity contribution in [3.05, 3.63) is 29.8 Å². The minimum atomic E-state index is -4.02. The first-order chi connectivity index (χ1) is 8.19. The van der Waals surface area contributed by atoms with Gasteiger partial charge in [0.15, 0.2) is 0 Å². The van der Waals surface area contributed by atoms with Crippen LogP contribution in [0, 0.1) is 12.3 Å². The highest BCUT2D eigenvalue weighted by Crippen LogP contribution is 2.24. The van der Waals surface area contributed by atoms with Crippen LogP contribution in [-0.4, -0.2) is 14.4 Å². The summed E-state index contributed by atoms with van der Waals surface area (Å²) in [6.07, 6.45) is 0.509. The Hall–Kier alpha value is -1.36. The van der Waals surface area contributed by atoms with Crippen LogP contribution in [0.1, 0.15) is 32.8 Å². The molecule has 1 aromatic rings. The summed E-state index contributed by atoms with van der Waals surface area (Å²) < 4.78 is 28.4. The number of carbonyl (C=O) groups is 1. The fourth-order valence-electron chi connectivity index (χ4n) is 1.11. The van der Waals surface area contributed by atoms with E-state index in [0.29, 0.717) is 6.42 Å². The maximum atomic E-state index is 11.9. The van der Waals surface area contributed by atoms with Crippen molar-refractivity contribution < 1.29 is 17.4 Å². The molecule has 0 atom stereocenters. The zero-order chi connectivity index (χ0) is 14.0. The van der Waals surface area contributed by atoms with Gasteiger partial charge in [0, 0.05) is 0 Å². The van der Waals surface area contributed by atoms with Gasteiger partial charge in [0.05, 0.1) is 5.41 Å². The predicted octanol–water partition coefficient (Wildman–Crippen LogP) is 2.66. The Morgan fingerprint density at radius 2 is 1.72 bits per heavy atom. The Morgan fingerprint density at radius 3 is 2.17 bits per heavy atom. The molecular formula is C13H18O4S. The molecule has 0 radical (unpaired) electrons. The van der Waals surface area contributed by atoms with E-state index in [2.05, 4.69) is 4.18 Å². The first-order valence-corrected chi connectivity index (χ1v) is 7.15. The molecule has 0 heterocycles. The Bertz CT molecular complexity index is 527. The van der Waals surface area contributed by atoms with E-state index >= 15 is 0 Å². The Morgan fingerprint density at radius 1 is 1.22 bits per heavy atom. The first kappa shape index (κ1) is 14.7. The molecule has 0 aromatic heterocycles. The van der Waals surface area contributed by atoms with Gasteiger partial charge < -0.3 is 4.18 Å². The number of aryl methyl sites for hydroxylation is 1. The molecule has 0 aliphatic carbocycles. The zero-order valence-electron chi connectivity index (χ0n) is 11.1.